The highest BCUT2D eigenvalue weighted by Gasteiger charge is 2.31. The number of alkyl halides is 3. The molecule has 0 radical (unpaired) electrons. The third kappa shape index (κ3) is 5.33. The number of halogens is 4. The van der Waals surface area contributed by atoms with Crippen LogP contribution in [0.4, 0.5) is 24.5 Å². The van der Waals surface area contributed by atoms with Crippen LogP contribution in [0.1, 0.15) is 16.1 Å². The van der Waals surface area contributed by atoms with Crippen LogP contribution in [-0.4, -0.2) is 31.2 Å². The van der Waals surface area contributed by atoms with Gasteiger partial charge < -0.3 is 15.4 Å². The Morgan fingerprint density at radius 2 is 2.04 bits per heavy atom. The Hall–Kier alpha value is -2.32. The highest BCUT2D eigenvalue weighted by Crippen LogP contribution is 2.33. The number of nitrogens with zero attached hydrogens (tertiary/aromatic N) is 1. The number of pyridine rings is 1. The summed E-state index contributed by atoms with van der Waals surface area (Å²) in [4.78, 5) is 16.1. The second kappa shape index (κ2) is 8.17. The summed E-state index contributed by atoms with van der Waals surface area (Å²) in [7, 11) is 1.58. The molecule has 0 saturated carbocycles. The molecule has 0 saturated heterocycles. The molecule has 2 aromatic rings. The Bertz CT molecular complexity index is 736. The van der Waals surface area contributed by atoms with Crippen molar-refractivity contribution in [3.05, 3.63) is 52.8 Å². The van der Waals surface area contributed by atoms with Gasteiger partial charge in [0.2, 0.25) is 0 Å². The number of carbonyl (C=O) groups is 1. The molecular weight excluding hydrogens is 359 g/mol. The number of rotatable bonds is 6. The Morgan fingerprint density at radius 1 is 1.28 bits per heavy atom. The number of hydrogen-bond donors (Lipinski definition) is 2. The Balaban J connectivity index is 2.09. The van der Waals surface area contributed by atoms with Crippen molar-refractivity contribution in [2.45, 2.75) is 6.18 Å². The predicted octanol–water partition coefficient (Wildman–Crippen LogP) is 4.06. The van der Waals surface area contributed by atoms with Crippen molar-refractivity contribution < 1.29 is 22.7 Å². The first kappa shape index (κ1) is 19.0. The molecular formula is C16H15ClF3N3O2. The quantitative estimate of drug-likeness (QED) is 0.749. The standard InChI is InChI=1S/C16H15ClF3N3O2/c1-25-7-6-21-11-3-5-13(22-9-11)15(24)23-14-8-10(16(18,19)20)2-4-12(14)17/h2-5,8-9,21H,6-7H2,1H3,(H,23,24). The van der Waals surface area contributed by atoms with Crippen LogP contribution >= 0.6 is 11.6 Å². The van der Waals surface area contributed by atoms with Crippen LogP contribution in [0.15, 0.2) is 36.5 Å². The van der Waals surface area contributed by atoms with Gasteiger partial charge in [-0.1, -0.05) is 11.6 Å². The summed E-state index contributed by atoms with van der Waals surface area (Å²) in [5.41, 5.74) is -0.306. The maximum atomic E-state index is 12.7. The maximum absolute atomic E-state index is 12.7. The second-order valence-corrected chi connectivity index (χ2v) is 5.41. The fourth-order valence-electron chi connectivity index (χ4n) is 1.91. The molecule has 0 fully saturated rings. The van der Waals surface area contributed by atoms with E-state index in [0.717, 1.165) is 18.2 Å². The first-order valence-electron chi connectivity index (χ1n) is 7.18. The molecule has 5 nitrogen and oxygen atoms in total. The zero-order valence-corrected chi connectivity index (χ0v) is 13.9. The lowest BCUT2D eigenvalue weighted by Gasteiger charge is -2.11. The minimum Gasteiger partial charge on any atom is -0.383 e. The molecule has 1 aromatic heterocycles. The number of ether oxygens (including phenoxy) is 1. The zero-order valence-electron chi connectivity index (χ0n) is 13.2. The van der Waals surface area contributed by atoms with Crippen molar-refractivity contribution in [3.63, 3.8) is 0 Å². The van der Waals surface area contributed by atoms with Crippen molar-refractivity contribution in [1.29, 1.82) is 0 Å². The normalized spacial score (nSPS) is 11.2. The van der Waals surface area contributed by atoms with E-state index in [4.69, 9.17) is 16.3 Å². The summed E-state index contributed by atoms with van der Waals surface area (Å²) >= 11 is 5.85. The van der Waals surface area contributed by atoms with Gasteiger partial charge in [-0.05, 0) is 30.3 Å². The summed E-state index contributed by atoms with van der Waals surface area (Å²) in [6, 6.07) is 5.78. The topological polar surface area (TPSA) is 63.2 Å². The van der Waals surface area contributed by atoms with Gasteiger partial charge in [0.25, 0.3) is 5.91 Å². The number of amides is 1. The summed E-state index contributed by atoms with van der Waals surface area (Å²) < 4.78 is 43.1. The largest absolute Gasteiger partial charge is 0.416 e. The van der Waals surface area contributed by atoms with Crippen LogP contribution in [0.5, 0.6) is 0 Å². The third-order valence-corrected chi connectivity index (χ3v) is 3.50. The van der Waals surface area contributed by atoms with Crippen LogP contribution in [0.25, 0.3) is 0 Å². The number of anilines is 2. The highest BCUT2D eigenvalue weighted by molar-refractivity contribution is 6.33. The molecule has 0 aliphatic rings. The van der Waals surface area contributed by atoms with E-state index in [1.165, 1.54) is 12.3 Å². The second-order valence-electron chi connectivity index (χ2n) is 5.00. The highest BCUT2D eigenvalue weighted by atomic mass is 35.5. The van der Waals surface area contributed by atoms with Crippen LogP contribution in [-0.2, 0) is 10.9 Å². The van der Waals surface area contributed by atoms with Gasteiger partial charge in [-0.25, -0.2) is 4.98 Å². The fourth-order valence-corrected chi connectivity index (χ4v) is 2.08. The lowest BCUT2D eigenvalue weighted by Crippen LogP contribution is -2.15. The molecule has 0 unspecified atom stereocenters. The van der Waals surface area contributed by atoms with Gasteiger partial charge in [-0.3, -0.25) is 4.79 Å². The van der Waals surface area contributed by atoms with E-state index in [9.17, 15) is 18.0 Å². The average Bonchev–Trinajstić information content (AvgIpc) is 2.56. The van der Waals surface area contributed by atoms with Crippen molar-refractivity contribution >= 4 is 28.9 Å². The minimum absolute atomic E-state index is 0.000738. The van der Waals surface area contributed by atoms with E-state index >= 15 is 0 Å². The van der Waals surface area contributed by atoms with E-state index in [1.54, 1.807) is 13.2 Å². The van der Waals surface area contributed by atoms with Gasteiger partial charge in [-0.15, -0.1) is 0 Å². The molecule has 0 bridgehead atoms. The fraction of sp³-hybridized carbons (Fsp3) is 0.250. The number of methoxy groups -OCH3 is 1. The van der Waals surface area contributed by atoms with Crippen LogP contribution < -0.4 is 10.6 Å². The summed E-state index contributed by atoms with van der Waals surface area (Å²) in [5, 5.41) is 5.37. The molecule has 2 N–H and O–H groups in total. The van der Waals surface area contributed by atoms with Crippen molar-refractivity contribution in [2.75, 3.05) is 30.9 Å². The van der Waals surface area contributed by atoms with Crippen LogP contribution in [0, 0.1) is 0 Å². The van der Waals surface area contributed by atoms with E-state index in [1.807, 2.05) is 0 Å². The first-order chi connectivity index (χ1) is 11.8. The van der Waals surface area contributed by atoms with Gasteiger partial charge in [0.05, 0.1) is 34.8 Å². The molecule has 9 heteroatoms. The molecule has 0 spiro atoms. The third-order valence-electron chi connectivity index (χ3n) is 3.17. The van der Waals surface area contributed by atoms with E-state index in [0.29, 0.717) is 18.8 Å². The number of hydrogen-bond acceptors (Lipinski definition) is 4. The van der Waals surface area contributed by atoms with Gasteiger partial charge in [-0.2, -0.15) is 13.2 Å². The molecule has 0 atom stereocenters. The number of carbonyl (C=O) groups excluding carboxylic acids is 1. The summed E-state index contributed by atoms with van der Waals surface area (Å²) in [6.07, 6.45) is -3.09. The Kier molecular flexibility index (Phi) is 6.22. The zero-order chi connectivity index (χ0) is 18.4. The van der Waals surface area contributed by atoms with E-state index < -0.39 is 17.6 Å². The average molecular weight is 374 g/mol. The molecule has 134 valence electrons. The number of benzene rings is 1. The lowest BCUT2D eigenvalue weighted by molar-refractivity contribution is -0.137. The minimum atomic E-state index is -4.53. The van der Waals surface area contributed by atoms with Crippen LogP contribution in [0.2, 0.25) is 5.02 Å². The van der Waals surface area contributed by atoms with E-state index in [-0.39, 0.29) is 16.4 Å². The molecule has 25 heavy (non-hydrogen) atoms. The lowest BCUT2D eigenvalue weighted by atomic mass is 10.2. The summed E-state index contributed by atoms with van der Waals surface area (Å²) in [5.74, 6) is -0.662. The van der Waals surface area contributed by atoms with Crippen LogP contribution in [0.3, 0.4) is 0 Å². The van der Waals surface area contributed by atoms with Crippen molar-refractivity contribution in [3.8, 4) is 0 Å². The molecule has 2 rings (SSSR count). The van der Waals surface area contributed by atoms with E-state index in [2.05, 4.69) is 15.6 Å². The molecule has 0 aliphatic heterocycles. The van der Waals surface area contributed by atoms with Crippen molar-refractivity contribution in [1.82, 2.24) is 4.98 Å². The maximum Gasteiger partial charge on any atom is 0.416 e. The first-order valence-corrected chi connectivity index (χ1v) is 7.56. The van der Waals surface area contributed by atoms with Gasteiger partial charge in [0.15, 0.2) is 0 Å². The van der Waals surface area contributed by atoms with Gasteiger partial charge in [0, 0.05) is 13.7 Å². The molecule has 1 amide bonds. The monoisotopic (exact) mass is 373 g/mol. The predicted molar refractivity (Wildman–Crippen MR) is 89.0 cm³/mol. The Morgan fingerprint density at radius 3 is 2.64 bits per heavy atom. The Labute approximate surface area is 147 Å². The number of aromatic nitrogens is 1. The van der Waals surface area contributed by atoms with Gasteiger partial charge in [0.1, 0.15) is 5.69 Å². The SMILES string of the molecule is COCCNc1ccc(C(=O)Nc2cc(C(F)(F)F)ccc2Cl)nc1. The molecule has 1 aromatic carbocycles. The smallest absolute Gasteiger partial charge is 0.383 e. The summed E-state index contributed by atoms with van der Waals surface area (Å²) in [6.45, 7) is 1.08. The van der Waals surface area contributed by atoms with Crippen molar-refractivity contribution in [2.24, 2.45) is 0 Å². The molecule has 1 heterocycles. The number of nitrogens with one attached hydrogen (secondary N) is 2. The molecule has 0 aliphatic carbocycles. The van der Waals surface area contributed by atoms with Gasteiger partial charge >= 0.3 is 6.18 Å².